The highest BCUT2D eigenvalue weighted by Gasteiger charge is 2.07. The van der Waals surface area contributed by atoms with E-state index in [1.807, 2.05) is 48.5 Å². The van der Waals surface area contributed by atoms with Crippen LogP contribution in [0.2, 0.25) is 0 Å². The highest BCUT2D eigenvalue weighted by molar-refractivity contribution is 5.56. The van der Waals surface area contributed by atoms with E-state index in [2.05, 4.69) is 10.1 Å². The van der Waals surface area contributed by atoms with Gasteiger partial charge in [-0.05, 0) is 18.2 Å². The van der Waals surface area contributed by atoms with Gasteiger partial charge in [0.1, 0.15) is 18.1 Å². The summed E-state index contributed by atoms with van der Waals surface area (Å²) in [5, 5.41) is 4.14. The molecule has 0 radical (unpaired) electrons. The van der Waals surface area contributed by atoms with E-state index in [0.717, 1.165) is 16.9 Å². The average Bonchev–Trinajstić information content (AvgIpc) is 2.93. The predicted octanol–water partition coefficient (Wildman–Crippen LogP) is 2.36. The Labute approximate surface area is 133 Å². The highest BCUT2D eigenvalue weighted by Crippen LogP contribution is 2.23. The molecule has 0 aliphatic heterocycles. The van der Waals surface area contributed by atoms with Gasteiger partial charge in [-0.15, -0.1) is 0 Å². The van der Waals surface area contributed by atoms with Gasteiger partial charge in [0.05, 0.1) is 7.11 Å². The summed E-state index contributed by atoms with van der Waals surface area (Å²) in [5.41, 5.74) is 1.51. The lowest BCUT2D eigenvalue weighted by molar-refractivity contribution is 0.297. The number of para-hydroxylation sites is 1. The molecule has 0 aliphatic rings. The Morgan fingerprint density at radius 1 is 1.17 bits per heavy atom. The number of benzene rings is 2. The topological polar surface area (TPSA) is 69.1 Å². The van der Waals surface area contributed by atoms with Gasteiger partial charge in [0.15, 0.2) is 5.82 Å². The van der Waals surface area contributed by atoms with Crippen LogP contribution in [0.4, 0.5) is 0 Å². The SMILES string of the molecule is COc1ccccc1COc1cccc(-c2nn(C)c(=O)[nH]2)c1. The highest BCUT2D eigenvalue weighted by atomic mass is 16.5. The van der Waals surface area contributed by atoms with E-state index in [0.29, 0.717) is 18.2 Å². The summed E-state index contributed by atoms with van der Waals surface area (Å²) in [5.74, 6) is 2.00. The van der Waals surface area contributed by atoms with Crippen molar-refractivity contribution in [1.82, 2.24) is 14.8 Å². The Morgan fingerprint density at radius 2 is 2.00 bits per heavy atom. The quantitative estimate of drug-likeness (QED) is 0.785. The molecule has 0 spiro atoms. The molecule has 1 heterocycles. The van der Waals surface area contributed by atoms with Crippen LogP contribution in [-0.2, 0) is 13.7 Å². The third kappa shape index (κ3) is 3.26. The van der Waals surface area contributed by atoms with Crippen molar-refractivity contribution in [3.05, 3.63) is 64.6 Å². The second kappa shape index (κ2) is 6.39. The zero-order chi connectivity index (χ0) is 16.2. The van der Waals surface area contributed by atoms with E-state index in [1.54, 1.807) is 14.2 Å². The lowest BCUT2D eigenvalue weighted by Crippen LogP contribution is -2.13. The first-order valence-electron chi connectivity index (χ1n) is 7.16. The molecule has 0 fully saturated rings. The molecular formula is C17H17N3O3. The first-order valence-corrected chi connectivity index (χ1v) is 7.16. The van der Waals surface area contributed by atoms with E-state index < -0.39 is 0 Å². The van der Waals surface area contributed by atoms with Crippen molar-refractivity contribution in [2.75, 3.05) is 7.11 Å². The molecule has 118 valence electrons. The number of nitrogens with one attached hydrogen (secondary N) is 1. The van der Waals surface area contributed by atoms with E-state index in [9.17, 15) is 4.79 Å². The van der Waals surface area contributed by atoms with Crippen LogP contribution in [0.15, 0.2) is 53.3 Å². The molecule has 0 atom stereocenters. The molecule has 3 rings (SSSR count). The first kappa shape index (κ1) is 14.9. The van der Waals surface area contributed by atoms with Gasteiger partial charge in [-0.2, -0.15) is 5.10 Å². The fourth-order valence-electron chi connectivity index (χ4n) is 2.25. The van der Waals surface area contributed by atoms with Crippen molar-refractivity contribution in [2.45, 2.75) is 6.61 Å². The molecule has 1 N–H and O–H groups in total. The van der Waals surface area contributed by atoms with Crippen molar-refractivity contribution < 1.29 is 9.47 Å². The second-order valence-electron chi connectivity index (χ2n) is 5.03. The molecule has 23 heavy (non-hydrogen) atoms. The number of aromatic nitrogens is 3. The Morgan fingerprint density at radius 3 is 2.74 bits per heavy atom. The van der Waals surface area contributed by atoms with Crippen molar-refractivity contribution in [3.63, 3.8) is 0 Å². The minimum Gasteiger partial charge on any atom is -0.496 e. The molecule has 0 unspecified atom stereocenters. The summed E-state index contributed by atoms with van der Waals surface area (Å²) in [4.78, 5) is 14.2. The van der Waals surface area contributed by atoms with Gasteiger partial charge < -0.3 is 9.47 Å². The summed E-state index contributed by atoms with van der Waals surface area (Å²) < 4.78 is 12.4. The summed E-state index contributed by atoms with van der Waals surface area (Å²) in [6.45, 7) is 0.395. The van der Waals surface area contributed by atoms with Crippen LogP contribution < -0.4 is 15.2 Å². The Hall–Kier alpha value is -3.02. The Bertz CT molecular complexity index is 867. The number of nitrogens with zero attached hydrogens (tertiary/aromatic N) is 2. The minimum absolute atomic E-state index is 0.250. The molecule has 2 aromatic carbocycles. The molecule has 0 saturated heterocycles. The molecule has 0 bridgehead atoms. The van der Waals surface area contributed by atoms with Crippen molar-refractivity contribution >= 4 is 0 Å². The van der Waals surface area contributed by atoms with Gasteiger partial charge in [0.25, 0.3) is 0 Å². The number of aromatic amines is 1. The van der Waals surface area contributed by atoms with E-state index in [1.165, 1.54) is 4.68 Å². The number of rotatable bonds is 5. The summed E-state index contributed by atoms with van der Waals surface area (Å²) in [6.07, 6.45) is 0. The van der Waals surface area contributed by atoms with Gasteiger partial charge in [0.2, 0.25) is 0 Å². The third-order valence-electron chi connectivity index (χ3n) is 3.46. The molecule has 3 aromatic rings. The van der Waals surface area contributed by atoms with Crippen LogP contribution in [0.3, 0.4) is 0 Å². The predicted molar refractivity (Wildman–Crippen MR) is 86.6 cm³/mol. The smallest absolute Gasteiger partial charge is 0.343 e. The third-order valence-corrected chi connectivity index (χ3v) is 3.46. The van der Waals surface area contributed by atoms with Gasteiger partial charge in [0, 0.05) is 18.2 Å². The molecule has 6 nitrogen and oxygen atoms in total. The van der Waals surface area contributed by atoms with Crippen LogP contribution >= 0.6 is 0 Å². The van der Waals surface area contributed by atoms with E-state index >= 15 is 0 Å². The van der Waals surface area contributed by atoms with Crippen LogP contribution in [0.1, 0.15) is 5.56 Å². The maximum absolute atomic E-state index is 11.5. The van der Waals surface area contributed by atoms with Gasteiger partial charge in [-0.25, -0.2) is 9.48 Å². The molecule has 0 saturated carbocycles. The Kier molecular flexibility index (Phi) is 4.14. The fraction of sp³-hybridized carbons (Fsp3) is 0.176. The minimum atomic E-state index is -0.250. The number of hydrogen-bond donors (Lipinski definition) is 1. The first-order chi connectivity index (χ1) is 11.2. The normalized spacial score (nSPS) is 10.5. The standard InChI is InChI=1S/C17H17N3O3/c1-20-17(21)18-16(19-20)12-7-5-8-14(10-12)23-11-13-6-3-4-9-15(13)22-2/h3-10H,11H2,1-2H3,(H,18,19,21). The largest absolute Gasteiger partial charge is 0.496 e. The number of H-pyrrole nitrogens is 1. The maximum atomic E-state index is 11.5. The number of hydrogen-bond acceptors (Lipinski definition) is 4. The fourth-order valence-corrected chi connectivity index (χ4v) is 2.25. The second-order valence-corrected chi connectivity index (χ2v) is 5.03. The van der Waals surface area contributed by atoms with E-state index in [4.69, 9.17) is 9.47 Å². The molecule has 0 aliphatic carbocycles. The summed E-state index contributed by atoms with van der Waals surface area (Å²) in [6, 6.07) is 15.1. The van der Waals surface area contributed by atoms with Crippen LogP contribution in [-0.4, -0.2) is 21.9 Å². The maximum Gasteiger partial charge on any atom is 0.343 e. The van der Waals surface area contributed by atoms with E-state index in [-0.39, 0.29) is 5.69 Å². The molecule has 1 aromatic heterocycles. The number of ether oxygens (including phenoxy) is 2. The zero-order valence-electron chi connectivity index (χ0n) is 12.9. The van der Waals surface area contributed by atoms with Gasteiger partial charge in [-0.3, -0.25) is 4.98 Å². The lowest BCUT2D eigenvalue weighted by atomic mass is 10.2. The number of aryl methyl sites for hydroxylation is 1. The zero-order valence-corrected chi connectivity index (χ0v) is 12.9. The lowest BCUT2D eigenvalue weighted by Gasteiger charge is -2.10. The Balaban J connectivity index is 1.79. The monoisotopic (exact) mass is 311 g/mol. The molecular weight excluding hydrogens is 294 g/mol. The van der Waals surface area contributed by atoms with Crippen LogP contribution in [0.25, 0.3) is 11.4 Å². The van der Waals surface area contributed by atoms with Gasteiger partial charge >= 0.3 is 5.69 Å². The van der Waals surface area contributed by atoms with Crippen molar-refractivity contribution in [1.29, 1.82) is 0 Å². The number of methoxy groups -OCH3 is 1. The van der Waals surface area contributed by atoms with Crippen molar-refractivity contribution in [3.8, 4) is 22.9 Å². The average molecular weight is 311 g/mol. The van der Waals surface area contributed by atoms with Crippen LogP contribution in [0, 0.1) is 0 Å². The summed E-state index contributed by atoms with van der Waals surface area (Å²) in [7, 11) is 3.24. The molecule has 0 amide bonds. The van der Waals surface area contributed by atoms with Crippen molar-refractivity contribution in [2.24, 2.45) is 7.05 Å². The summed E-state index contributed by atoms with van der Waals surface area (Å²) >= 11 is 0. The van der Waals surface area contributed by atoms with Gasteiger partial charge in [-0.1, -0.05) is 30.3 Å². The molecule has 6 heteroatoms. The van der Waals surface area contributed by atoms with Crippen LogP contribution in [0.5, 0.6) is 11.5 Å².